The van der Waals surface area contributed by atoms with Crippen molar-refractivity contribution >= 4 is 11.1 Å². The first-order valence-corrected chi connectivity index (χ1v) is 5.62. The second kappa shape index (κ2) is 11.7. The Labute approximate surface area is 91.5 Å². The summed E-state index contributed by atoms with van der Waals surface area (Å²) in [5, 5.41) is 0. The Morgan fingerprint density at radius 3 is 2.17 bits per heavy atom. The molecule has 12 heavy (non-hydrogen) atoms. The summed E-state index contributed by atoms with van der Waals surface area (Å²) in [5.74, 6) is 0.451. The van der Waals surface area contributed by atoms with E-state index in [1.165, 1.54) is 25.7 Å². The molecule has 0 saturated heterocycles. The van der Waals surface area contributed by atoms with Gasteiger partial charge in [0.2, 0.25) is 0 Å². The van der Waals surface area contributed by atoms with Crippen LogP contribution in [0.5, 0.6) is 0 Å². The summed E-state index contributed by atoms with van der Waals surface area (Å²) in [6.45, 7) is 2.18. The predicted molar refractivity (Wildman–Crippen MR) is 50.1 cm³/mol. The van der Waals surface area contributed by atoms with Crippen LogP contribution < -0.4 is 18.9 Å². The normalized spacial score (nSPS) is 12.2. The van der Waals surface area contributed by atoms with Gasteiger partial charge in [-0.15, -0.1) is 0 Å². The molecule has 1 unspecified atom stereocenters. The molecule has 2 nitrogen and oxygen atoms in total. The number of unbranched alkanes of at least 4 members (excludes halogenated alkanes) is 5. The van der Waals surface area contributed by atoms with Crippen molar-refractivity contribution in [3.05, 3.63) is 0 Å². The Morgan fingerprint density at radius 2 is 1.67 bits per heavy atom. The molecule has 0 aromatic rings. The minimum atomic E-state index is -1.57. The van der Waals surface area contributed by atoms with Gasteiger partial charge in [0.25, 0.3) is 0 Å². The molecule has 0 spiro atoms. The Balaban J connectivity index is -0.000000500. The molecular weight excluding hydrogens is 167 g/mol. The number of rotatable bonds is 7. The third-order valence-electron chi connectivity index (χ3n) is 1.67. The van der Waals surface area contributed by atoms with Gasteiger partial charge in [-0.2, -0.15) is 0 Å². The van der Waals surface area contributed by atoms with Crippen LogP contribution in [0.25, 0.3) is 0 Å². The molecule has 0 heterocycles. The Hall–Kier alpha value is 0.707. The molecule has 0 radical (unpaired) electrons. The van der Waals surface area contributed by atoms with Gasteiger partial charge < -0.3 is 5.98 Å². The van der Waals surface area contributed by atoms with Crippen LogP contribution in [0.3, 0.4) is 0 Å². The summed E-state index contributed by atoms with van der Waals surface area (Å²) < 4.78 is 18.6. The standard InChI is InChI=1S/C8H18O2S.Li.H/c1-2-3-4-5-6-7-8-11(9)10;;/h2-8H2,1H3,(H,9,10);;/q;+1;-1. The molecule has 0 amide bonds. The van der Waals surface area contributed by atoms with E-state index in [1.807, 2.05) is 0 Å². The number of hydrogen-bond acceptors (Lipinski definition) is 1. The minimum absolute atomic E-state index is 0. The quantitative estimate of drug-likeness (QED) is 0.336. The summed E-state index contributed by atoms with van der Waals surface area (Å²) in [6.07, 6.45) is 7.03. The van der Waals surface area contributed by atoms with Gasteiger partial charge in [-0.05, 0) is 6.42 Å². The fraction of sp³-hybridized carbons (Fsp3) is 1.00. The second-order valence-corrected chi connectivity index (χ2v) is 3.84. The third kappa shape index (κ3) is 13.3. The van der Waals surface area contributed by atoms with Gasteiger partial charge in [-0.25, -0.2) is 4.21 Å². The van der Waals surface area contributed by atoms with Crippen molar-refractivity contribution in [2.75, 3.05) is 5.75 Å². The van der Waals surface area contributed by atoms with Gasteiger partial charge in [0, 0.05) is 5.75 Å². The molecule has 0 aromatic heterocycles. The smallest absolute Gasteiger partial charge is 1.00 e. The first-order chi connectivity index (χ1) is 5.27. The molecule has 0 aliphatic heterocycles. The number of hydrogen-bond donors (Lipinski definition) is 1. The van der Waals surface area contributed by atoms with Gasteiger partial charge in [0.05, 0.1) is 0 Å². The van der Waals surface area contributed by atoms with E-state index in [0.717, 1.165) is 12.8 Å². The Morgan fingerprint density at radius 1 is 1.17 bits per heavy atom. The van der Waals surface area contributed by atoms with Gasteiger partial charge in [-0.3, -0.25) is 0 Å². The zero-order chi connectivity index (χ0) is 8.53. The summed E-state index contributed by atoms with van der Waals surface area (Å²) in [6, 6.07) is 0. The molecular formula is C8H19LiO2S. The van der Waals surface area contributed by atoms with E-state index >= 15 is 0 Å². The molecule has 0 aliphatic carbocycles. The molecule has 1 N–H and O–H groups in total. The van der Waals surface area contributed by atoms with Crippen LogP contribution in [0, 0.1) is 0 Å². The fourth-order valence-corrected chi connectivity index (χ4v) is 1.46. The molecule has 0 bridgehead atoms. The molecule has 4 heteroatoms. The van der Waals surface area contributed by atoms with Crippen LogP contribution in [0.2, 0.25) is 0 Å². The molecule has 0 saturated carbocycles. The maximum absolute atomic E-state index is 10.2. The largest absolute Gasteiger partial charge is 1.00 e. The minimum Gasteiger partial charge on any atom is -1.00 e. The van der Waals surface area contributed by atoms with E-state index in [4.69, 9.17) is 4.55 Å². The van der Waals surface area contributed by atoms with E-state index < -0.39 is 11.1 Å². The van der Waals surface area contributed by atoms with Crippen LogP contribution in [-0.4, -0.2) is 14.5 Å². The van der Waals surface area contributed by atoms with E-state index in [-0.39, 0.29) is 20.3 Å². The topological polar surface area (TPSA) is 37.3 Å². The molecule has 0 aromatic carbocycles. The maximum Gasteiger partial charge on any atom is 1.00 e. The van der Waals surface area contributed by atoms with Crippen molar-refractivity contribution in [2.24, 2.45) is 0 Å². The van der Waals surface area contributed by atoms with E-state index in [9.17, 15) is 4.21 Å². The van der Waals surface area contributed by atoms with Gasteiger partial charge in [0.15, 0.2) is 11.1 Å². The summed E-state index contributed by atoms with van der Waals surface area (Å²) in [4.78, 5) is 0. The monoisotopic (exact) mass is 186 g/mol. The predicted octanol–water partition coefficient (Wildman–Crippen LogP) is -0.315. The Kier molecular flexibility index (Phi) is 14.8. The average molecular weight is 186 g/mol. The fourth-order valence-electron chi connectivity index (χ4n) is 1.01. The molecule has 0 fully saturated rings. The van der Waals surface area contributed by atoms with Crippen LogP contribution in [0.15, 0.2) is 0 Å². The molecule has 0 aliphatic rings. The van der Waals surface area contributed by atoms with E-state index in [0.29, 0.717) is 5.75 Å². The van der Waals surface area contributed by atoms with Crippen LogP contribution in [0.4, 0.5) is 0 Å². The van der Waals surface area contributed by atoms with Crippen molar-refractivity contribution in [1.29, 1.82) is 0 Å². The van der Waals surface area contributed by atoms with Crippen LogP contribution in [0.1, 0.15) is 46.9 Å². The second-order valence-electron chi connectivity index (χ2n) is 2.79. The van der Waals surface area contributed by atoms with Crippen molar-refractivity contribution in [1.82, 2.24) is 0 Å². The van der Waals surface area contributed by atoms with Gasteiger partial charge in [-0.1, -0.05) is 39.0 Å². The Bertz CT molecular complexity index is 114. The zero-order valence-corrected chi connectivity index (χ0v) is 9.03. The van der Waals surface area contributed by atoms with E-state index in [1.54, 1.807) is 0 Å². The maximum atomic E-state index is 10.2. The van der Waals surface area contributed by atoms with Crippen LogP contribution in [-0.2, 0) is 11.1 Å². The summed E-state index contributed by atoms with van der Waals surface area (Å²) in [7, 11) is 0. The van der Waals surface area contributed by atoms with Gasteiger partial charge in [0.1, 0.15) is 0 Å². The molecule has 70 valence electrons. The summed E-state index contributed by atoms with van der Waals surface area (Å²) in [5.41, 5.74) is 0. The SMILES string of the molecule is CCCCCCCCS(=O)O.[H-].[Li+]. The van der Waals surface area contributed by atoms with Crippen LogP contribution >= 0.6 is 0 Å². The third-order valence-corrected chi connectivity index (χ3v) is 2.31. The first kappa shape index (κ1) is 15.2. The average Bonchev–Trinajstić information content (AvgIpc) is 1.96. The van der Waals surface area contributed by atoms with Crippen molar-refractivity contribution < 1.29 is 29.0 Å². The van der Waals surface area contributed by atoms with Crippen molar-refractivity contribution in [2.45, 2.75) is 45.4 Å². The van der Waals surface area contributed by atoms with Gasteiger partial charge >= 0.3 is 18.9 Å². The summed E-state index contributed by atoms with van der Waals surface area (Å²) >= 11 is -1.57. The zero-order valence-electron chi connectivity index (χ0n) is 9.21. The first-order valence-electron chi connectivity index (χ1n) is 4.35. The molecule has 1 atom stereocenters. The van der Waals surface area contributed by atoms with Crippen molar-refractivity contribution in [3.8, 4) is 0 Å². The van der Waals surface area contributed by atoms with E-state index in [2.05, 4.69) is 6.92 Å². The molecule has 0 rings (SSSR count). The van der Waals surface area contributed by atoms with Crippen molar-refractivity contribution in [3.63, 3.8) is 0 Å².